The van der Waals surface area contributed by atoms with E-state index in [4.69, 9.17) is 11.6 Å². The lowest BCUT2D eigenvalue weighted by Crippen LogP contribution is -2.33. The van der Waals surface area contributed by atoms with Crippen molar-refractivity contribution in [3.8, 4) is 0 Å². The Labute approximate surface area is 132 Å². The minimum atomic E-state index is -0.119. The summed E-state index contributed by atoms with van der Waals surface area (Å²) in [6, 6.07) is 13.4. The van der Waals surface area contributed by atoms with Crippen molar-refractivity contribution in [1.82, 2.24) is 4.98 Å². The van der Waals surface area contributed by atoms with Crippen LogP contribution in [0, 0.1) is 0 Å². The lowest BCUT2D eigenvalue weighted by Gasteiger charge is -2.18. The number of carbonyl (C=O) groups excluding carboxylic acids is 1. The van der Waals surface area contributed by atoms with E-state index in [9.17, 15) is 4.79 Å². The number of H-pyrrole nitrogens is 1. The molecule has 0 radical (unpaired) electrons. The molecule has 4 rings (SSSR count). The minimum absolute atomic E-state index is 0.119. The SMILES string of the molecule is O=C(Nc1ccc2cc[nH]c2c1)N1CCc2cc(Cl)ccc21. The number of fused-ring (bicyclic) bond motifs is 2. The van der Waals surface area contributed by atoms with Crippen molar-refractivity contribution in [2.75, 3.05) is 16.8 Å². The van der Waals surface area contributed by atoms with Crippen LogP contribution in [0.4, 0.5) is 16.2 Å². The largest absolute Gasteiger partial charge is 0.361 e. The summed E-state index contributed by atoms with van der Waals surface area (Å²) in [5, 5.41) is 4.79. The van der Waals surface area contributed by atoms with Crippen molar-refractivity contribution in [3.05, 3.63) is 59.2 Å². The van der Waals surface area contributed by atoms with Crippen LogP contribution in [0.15, 0.2) is 48.7 Å². The highest BCUT2D eigenvalue weighted by atomic mass is 35.5. The van der Waals surface area contributed by atoms with Gasteiger partial charge in [-0.05, 0) is 53.8 Å². The van der Waals surface area contributed by atoms with Crippen LogP contribution in [0.3, 0.4) is 0 Å². The highest BCUT2D eigenvalue weighted by molar-refractivity contribution is 6.30. The predicted octanol–water partition coefficient (Wildman–Crippen LogP) is 4.42. The normalized spacial score (nSPS) is 13.4. The number of carbonyl (C=O) groups is 1. The Morgan fingerprint density at radius 1 is 1.18 bits per heavy atom. The molecule has 2 aromatic carbocycles. The summed E-state index contributed by atoms with van der Waals surface area (Å²) in [4.78, 5) is 17.4. The maximum Gasteiger partial charge on any atom is 0.326 e. The number of aromatic nitrogens is 1. The van der Waals surface area contributed by atoms with E-state index < -0.39 is 0 Å². The minimum Gasteiger partial charge on any atom is -0.361 e. The summed E-state index contributed by atoms with van der Waals surface area (Å²) in [6.07, 6.45) is 2.72. The highest BCUT2D eigenvalue weighted by Gasteiger charge is 2.24. The van der Waals surface area contributed by atoms with Crippen LogP contribution in [0.25, 0.3) is 10.9 Å². The van der Waals surface area contributed by atoms with Crippen molar-refractivity contribution >= 4 is 39.9 Å². The van der Waals surface area contributed by atoms with Crippen LogP contribution >= 0.6 is 11.6 Å². The molecule has 0 spiro atoms. The molecule has 0 fully saturated rings. The smallest absolute Gasteiger partial charge is 0.326 e. The molecular formula is C17H14ClN3O. The molecule has 110 valence electrons. The number of amides is 2. The van der Waals surface area contributed by atoms with Crippen LogP contribution in [0.2, 0.25) is 5.02 Å². The number of anilines is 2. The molecule has 0 saturated carbocycles. The molecule has 0 unspecified atom stereocenters. The van der Waals surface area contributed by atoms with Gasteiger partial charge in [-0.1, -0.05) is 17.7 Å². The molecule has 1 aliphatic rings. The Morgan fingerprint density at radius 3 is 3.00 bits per heavy atom. The Kier molecular flexibility index (Phi) is 3.05. The Morgan fingerprint density at radius 2 is 2.09 bits per heavy atom. The van der Waals surface area contributed by atoms with Crippen molar-refractivity contribution in [2.24, 2.45) is 0 Å². The molecule has 0 atom stereocenters. The van der Waals surface area contributed by atoms with E-state index in [0.717, 1.165) is 34.3 Å². The molecular weight excluding hydrogens is 298 g/mol. The molecule has 2 N–H and O–H groups in total. The van der Waals surface area contributed by atoms with Crippen LogP contribution in [0.1, 0.15) is 5.56 Å². The summed E-state index contributed by atoms with van der Waals surface area (Å²) in [5.41, 5.74) is 3.83. The van der Waals surface area contributed by atoms with Gasteiger partial charge < -0.3 is 10.3 Å². The fourth-order valence-electron chi connectivity index (χ4n) is 2.90. The van der Waals surface area contributed by atoms with E-state index in [2.05, 4.69) is 10.3 Å². The molecule has 1 aliphatic heterocycles. The summed E-state index contributed by atoms with van der Waals surface area (Å²) in [5.74, 6) is 0. The van der Waals surface area contributed by atoms with Gasteiger partial charge in [-0.3, -0.25) is 4.90 Å². The number of nitrogens with one attached hydrogen (secondary N) is 2. The van der Waals surface area contributed by atoms with Crippen LogP contribution in [-0.4, -0.2) is 17.6 Å². The molecule has 1 aromatic heterocycles. The van der Waals surface area contributed by atoms with E-state index in [0.29, 0.717) is 11.6 Å². The second kappa shape index (κ2) is 5.07. The van der Waals surface area contributed by atoms with Gasteiger partial charge in [-0.2, -0.15) is 0 Å². The maximum absolute atomic E-state index is 12.5. The van der Waals surface area contributed by atoms with E-state index in [-0.39, 0.29) is 6.03 Å². The first-order valence-electron chi connectivity index (χ1n) is 7.15. The van der Waals surface area contributed by atoms with Gasteiger partial charge in [0.05, 0.1) is 0 Å². The topological polar surface area (TPSA) is 48.1 Å². The second-order valence-corrected chi connectivity index (χ2v) is 5.82. The molecule has 0 saturated heterocycles. The number of hydrogen-bond donors (Lipinski definition) is 2. The molecule has 0 bridgehead atoms. The average Bonchev–Trinajstić information content (AvgIpc) is 3.12. The summed E-state index contributed by atoms with van der Waals surface area (Å²) < 4.78 is 0. The number of aromatic amines is 1. The lowest BCUT2D eigenvalue weighted by molar-refractivity contribution is 0.257. The molecule has 0 aliphatic carbocycles. The quantitative estimate of drug-likeness (QED) is 0.687. The summed E-state index contributed by atoms with van der Waals surface area (Å²) >= 11 is 6.00. The third-order valence-electron chi connectivity index (χ3n) is 3.99. The number of rotatable bonds is 1. The van der Waals surface area contributed by atoms with Crippen LogP contribution in [0.5, 0.6) is 0 Å². The van der Waals surface area contributed by atoms with E-state index >= 15 is 0 Å². The fraction of sp³-hybridized carbons (Fsp3) is 0.118. The first-order valence-corrected chi connectivity index (χ1v) is 7.52. The molecule has 4 nitrogen and oxygen atoms in total. The number of benzene rings is 2. The zero-order valence-electron chi connectivity index (χ0n) is 11.8. The monoisotopic (exact) mass is 311 g/mol. The van der Waals surface area contributed by atoms with Crippen molar-refractivity contribution in [3.63, 3.8) is 0 Å². The Bertz CT molecular complexity index is 871. The average molecular weight is 312 g/mol. The first kappa shape index (κ1) is 13.2. The molecule has 22 heavy (non-hydrogen) atoms. The summed E-state index contributed by atoms with van der Waals surface area (Å²) in [6.45, 7) is 0.673. The lowest BCUT2D eigenvalue weighted by atomic mass is 10.2. The van der Waals surface area contributed by atoms with Gasteiger partial charge in [0.1, 0.15) is 0 Å². The van der Waals surface area contributed by atoms with Gasteiger partial charge in [0.2, 0.25) is 0 Å². The van der Waals surface area contributed by atoms with Crippen molar-refractivity contribution < 1.29 is 4.79 Å². The van der Waals surface area contributed by atoms with Gasteiger partial charge in [0.15, 0.2) is 0 Å². The number of hydrogen-bond acceptors (Lipinski definition) is 1. The Hall–Kier alpha value is -2.46. The van der Waals surface area contributed by atoms with Crippen LogP contribution in [-0.2, 0) is 6.42 Å². The summed E-state index contributed by atoms with van der Waals surface area (Å²) in [7, 11) is 0. The van der Waals surface area contributed by atoms with Crippen molar-refractivity contribution in [2.45, 2.75) is 6.42 Å². The predicted molar refractivity (Wildman–Crippen MR) is 89.8 cm³/mol. The molecule has 2 amide bonds. The van der Waals surface area contributed by atoms with E-state index in [1.165, 1.54) is 0 Å². The van der Waals surface area contributed by atoms with E-state index in [1.807, 2.05) is 48.7 Å². The van der Waals surface area contributed by atoms with Gasteiger partial charge in [0, 0.05) is 34.7 Å². The van der Waals surface area contributed by atoms with Gasteiger partial charge in [-0.25, -0.2) is 4.79 Å². The van der Waals surface area contributed by atoms with Crippen molar-refractivity contribution in [1.29, 1.82) is 0 Å². The second-order valence-electron chi connectivity index (χ2n) is 5.38. The fourth-order valence-corrected chi connectivity index (χ4v) is 3.09. The van der Waals surface area contributed by atoms with E-state index in [1.54, 1.807) is 4.90 Å². The number of halogens is 1. The number of nitrogens with zero attached hydrogens (tertiary/aromatic N) is 1. The third-order valence-corrected chi connectivity index (χ3v) is 4.22. The Balaban J connectivity index is 1.58. The molecule has 5 heteroatoms. The zero-order chi connectivity index (χ0) is 15.1. The molecule has 3 aromatic rings. The highest BCUT2D eigenvalue weighted by Crippen LogP contribution is 2.31. The van der Waals surface area contributed by atoms with Crippen LogP contribution < -0.4 is 10.2 Å². The van der Waals surface area contributed by atoms with Gasteiger partial charge in [0.25, 0.3) is 0 Å². The standard InChI is InChI=1S/C17H14ClN3O/c18-13-2-4-16-12(9-13)6-8-21(16)17(22)20-14-3-1-11-5-7-19-15(11)10-14/h1-5,7,9-10,19H,6,8H2,(H,20,22). The third kappa shape index (κ3) is 2.22. The number of urea groups is 1. The maximum atomic E-state index is 12.5. The zero-order valence-corrected chi connectivity index (χ0v) is 12.5. The van der Waals surface area contributed by atoms with Gasteiger partial charge in [-0.15, -0.1) is 0 Å². The first-order chi connectivity index (χ1) is 10.7. The van der Waals surface area contributed by atoms with Gasteiger partial charge >= 0.3 is 6.03 Å². The molecule has 2 heterocycles.